The molecule has 1 aromatic rings. The lowest BCUT2D eigenvalue weighted by molar-refractivity contribution is -0.140. The first-order valence-electron chi connectivity index (χ1n) is 8.57. The highest BCUT2D eigenvalue weighted by Gasteiger charge is 2.33. The standard InChI is InChI=1S/C18H25N3O3/c1-14(19-9-3-4-10-19)18(23)20-11-12-21(17(22)13-20)15-5-7-16(24-2)8-6-15/h5-8,14H,3-4,9-13H2,1-2H3. The number of hydrogen-bond acceptors (Lipinski definition) is 4. The average molecular weight is 331 g/mol. The Balaban J connectivity index is 1.61. The van der Waals surface area contributed by atoms with Gasteiger partial charge in [-0.25, -0.2) is 0 Å². The molecule has 2 amide bonds. The Morgan fingerprint density at radius 3 is 2.33 bits per heavy atom. The molecule has 3 rings (SSSR count). The van der Waals surface area contributed by atoms with Crippen molar-refractivity contribution in [3.8, 4) is 5.75 Å². The lowest BCUT2D eigenvalue weighted by Gasteiger charge is -2.37. The van der Waals surface area contributed by atoms with Crippen LogP contribution >= 0.6 is 0 Å². The number of anilines is 1. The van der Waals surface area contributed by atoms with Crippen molar-refractivity contribution in [1.82, 2.24) is 9.80 Å². The molecule has 0 saturated carbocycles. The first-order valence-corrected chi connectivity index (χ1v) is 8.57. The summed E-state index contributed by atoms with van der Waals surface area (Å²) < 4.78 is 5.15. The molecule has 0 aliphatic carbocycles. The molecule has 0 spiro atoms. The maximum Gasteiger partial charge on any atom is 0.246 e. The number of ether oxygens (including phenoxy) is 1. The van der Waals surface area contributed by atoms with Crippen LogP contribution in [0.5, 0.6) is 5.75 Å². The van der Waals surface area contributed by atoms with Crippen molar-refractivity contribution in [2.75, 3.05) is 44.7 Å². The number of hydrogen-bond donors (Lipinski definition) is 0. The van der Waals surface area contributed by atoms with Gasteiger partial charge < -0.3 is 14.5 Å². The molecule has 24 heavy (non-hydrogen) atoms. The zero-order valence-electron chi connectivity index (χ0n) is 14.4. The van der Waals surface area contributed by atoms with E-state index in [0.717, 1.165) is 37.4 Å². The third-order valence-electron chi connectivity index (χ3n) is 4.96. The van der Waals surface area contributed by atoms with Gasteiger partial charge in [0.2, 0.25) is 11.8 Å². The highest BCUT2D eigenvalue weighted by molar-refractivity contribution is 5.98. The zero-order chi connectivity index (χ0) is 17.1. The second kappa shape index (κ2) is 7.21. The first kappa shape index (κ1) is 16.8. The molecule has 2 aliphatic rings. The topological polar surface area (TPSA) is 53.1 Å². The molecule has 2 heterocycles. The Hall–Kier alpha value is -2.08. The maximum atomic E-state index is 12.7. The number of amides is 2. The third-order valence-corrected chi connectivity index (χ3v) is 4.96. The summed E-state index contributed by atoms with van der Waals surface area (Å²) in [7, 11) is 1.62. The van der Waals surface area contributed by atoms with E-state index in [1.54, 1.807) is 16.9 Å². The lowest BCUT2D eigenvalue weighted by Crippen LogP contribution is -2.56. The van der Waals surface area contributed by atoms with Crippen molar-refractivity contribution < 1.29 is 14.3 Å². The molecule has 1 atom stereocenters. The molecule has 0 radical (unpaired) electrons. The van der Waals surface area contributed by atoms with Crippen molar-refractivity contribution in [3.63, 3.8) is 0 Å². The van der Waals surface area contributed by atoms with E-state index < -0.39 is 0 Å². The minimum Gasteiger partial charge on any atom is -0.497 e. The molecular formula is C18H25N3O3. The van der Waals surface area contributed by atoms with Crippen molar-refractivity contribution in [1.29, 1.82) is 0 Å². The Bertz CT molecular complexity index is 596. The predicted octanol–water partition coefficient (Wildman–Crippen LogP) is 1.35. The summed E-state index contributed by atoms with van der Waals surface area (Å²) in [5.74, 6) is 0.799. The smallest absolute Gasteiger partial charge is 0.246 e. The molecule has 130 valence electrons. The number of carbonyl (C=O) groups is 2. The summed E-state index contributed by atoms with van der Waals surface area (Å²) in [5, 5.41) is 0. The molecule has 0 N–H and O–H groups in total. The molecule has 1 aromatic carbocycles. The Morgan fingerprint density at radius 2 is 1.75 bits per heavy atom. The van der Waals surface area contributed by atoms with Gasteiger partial charge in [-0.2, -0.15) is 0 Å². The largest absolute Gasteiger partial charge is 0.497 e. The van der Waals surface area contributed by atoms with Gasteiger partial charge in [0, 0.05) is 18.8 Å². The molecule has 6 heteroatoms. The molecule has 2 fully saturated rings. The molecular weight excluding hydrogens is 306 g/mol. The lowest BCUT2D eigenvalue weighted by atomic mass is 10.2. The number of likely N-dealkylation sites (tertiary alicyclic amines) is 1. The van der Waals surface area contributed by atoms with E-state index in [2.05, 4.69) is 4.90 Å². The van der Waals surface area contributed by atoms with E-state index in [1.807, 2.05) is 31.2 Å². The van der Waals surface area contributed by atoms with Crippen LogP contribution < -0.4 is 9.64 Å². The summed E-state index contributed by atoms with van der Waals surface area (Å²) in [4.78, 5) is 30.8. The van der Waals surface area contributed by atoms with Gasteiger partial charge in [-0.05, 0) is 57.1 Å². The van der Waals surface area contributed by atoms with E-state index in [9.17, 15) is 9.59 Å². The minimum absolute atomic E-state index is 0.0339. The van der Waals surface area contributed by atoms with Gasteiger partial charge in [0.05, 0.1) is 13.2 Å². The molecule has 2 aliphatic heterocycles. The predicted molar refractivity (Wildman–Crippen MR) is 92.2 cm³/mol. The minimum atomic E-state index is -0.132. The number of rotatable bonds is 4. The zero-order valence-corrected chi connectivity index (χ0v) is 14.4. The fourth-order valence-corrected chi connectivity index (χ4v) is 3.45. The van der Waals surface area contributed by atoms with Crippen LogP contribution in [-0.4, -0.2) is 67.5 Å². The summed E-state index contributed by atoms with van der Waals surface area (Å²) in [6.45, 7) is 5.18. The Kier molecular flexibility index (Phi) is 5.04. The van der Waals surface area contributed by atoms with Crippen LogP contribution in [0.15, 0.2) is 24.3 Å². The molecule has 1 unspecified atom stereocenters. The SMILES string of the molecule is COc1ccc(N2CCN(C(=O)C(C)N3CCCC3)CC2=O)cc1. The number of methoxy groups -OCH3 is 1. The monoisotopic (exact) mass is 331 g/mol. The van der Waals surface area contributed by atoms with Crippen LogP contribution in [0.4, 0.5) is 5.69 Å². The highest BCUT2D eigenvalue weighted by atomic mass is 16.5. The second-order valence-electron chi connectivity index (χ2n) is 6.42. The van der Waals surface area contributed by atoms with Gasteiger partial charge in [0.1, 0.15) is 12.3 Å². The number of carbonyl (C=O) groups excluding carboxylic acids is 2. The summed E-state index contributed by atoms with van der Waals surface area (Å²) in [6.07, 6.45) is 2.31. The highest BCUT2D eigenvalue weighted by Crippen LogP contribution is 2.22. The quantitative estimate of drug-likeness (QED) is 0.836. The fourth-order valence-electron chi connectivity index (χ4n) is 3.45. The molecule has 0 aromatic heterocycles. The number of benzene rings is 1. The van der Waals surface area contributed by atoms with Crippen LogP contribution in [0, 0.1) is 0 Å². The van der Waals surface area contributed by atoms with Crippen LogP contribution in [0.1, 0.15) is 19.8 Å². The number of piperazine rings is 1. The Labute approximate surface area is 143 Å². The van der Waals surface area contributed by atoms with Gasteiger partial charge in [-0.3, -0.25) is 14.5 Å². The molecule has 6 nitrogen and oxygen atoms in total. The van der Waals surface area contributed by atoms with Crippen molar-refractivity contribution in [2.45, 2.75) is 25.8 Å². The van der Waals surface area contributed by atoms with Crippen molar-refractivity contribution in [2.24, 2.45) is 0 Å². The number of nitrogens with zero attached hydrogens (tertiary/aromatic N) is 3. The van der Waals surface area contributed by atoms with E-state index in [4.69, 9.17) is 4.74 Å². The van der Waals surface area contributed by atoms with Crippen molar-refractivity contribution in [3.05, 3.63) is 24.3 Å². The van der Waals surface area contributed by atoms with E-state index in [0.29, 0.717) is 13.1 Å². The average Bonchev–Trinajstić information content (AvgIpc) is 3.15. The second-order valence-corrected chi connectivity index (χ2v) is 6.42. The van der Waals surface area contributed by atoms with Crippen LogP contribution in [0.25, 0.3) is 0 Å². The first-order chi connectivity index (χ1) is 11.6. The molecule has 0 bridgehead atoms. The van der Waals surface area contributed by atoms with Crippen LogP contribution in [0.2, 0.25) is 0 Å². The van der Waals surface area contributed by atoms with Crippen molar-refractivity contribution >= 4 is 17.5 Å². The molecule has 2 saturated heterocycles. The van der Waals surface area contributed by atoms with Gasteiger partial charge in [0.15, 0.2) is 0 Å². The summed E-state index contributed by atoms with van der Waals surface area (Å²) in [6, 6.07) is 7.31. The fraction of sp³-hybridized carbons (Fsp3) is 0.556. The maximum absolute atomic E-state index is 12.7. The van der Waals surface area contributed by atoms with Crippen LogP contribution in [-0.2, 0) is 9.59 Å². The summed E-state index contributed by atoms with van der Waals surface area (Å²) in [5.41, 5.74) is 0.848. The summed E-state index contributed by atoms with van der Waals surface area (Å²) >= 11 is 0. The van der Waals surface area contributed by atoms with Gasteiger partial charge in [0.25, 0.3) is 0 Å². The van der Waals surface area contributed by atoms with Gasteiger partial charge >= 0.3 is 0 Å². The van der Waals surface area contributed by atoms with E-state index in [1.165, 1.54) is 0 Å². The van der Waals surface area contributed by atoms with E-state index in [-0.39, 0.29) is 24.4 Å². The Morgan fingerprint density at radius 1 is 1.08 bits per heavy atom. The van der Waals surface area contributed by atoms with E-state index >= 15 is 0 Å². The van der Waals surface area contributed by atoms with Gasteiger partial charge in [-0.1, -0.05) is 0 Å². The van der Waals surface area contributed by atoms with Crippen LogP contribution in [0.3, 0.4) is 0 Å². The third kappa shape index (κ3) is 3.38. The van der Waals surface area contributed by atoms with Gasteiger partial charge in [-0.15, -0.1) is 0 Å². The normalized spacial score (nSPS) is 20.3.